The minimum atomic E-state index is -0.768. The Balaban J connectivity index is 2.76. The van der Waals surface area contributed by atoms with Gasteiger partial charge in [-0.05, 0) is 32.2 Å². The molecule has 0 aliphatic carbocycles. The number of ether oxygens (including phenoxy) is 3. The maximum absolute atomic E-state index is 12.2. The predicted octanol–water partition coefficient (Wildman–Crippen LogP) is 4.28. The highest BCUT2D eigenvalue weighted by molar-refractivity contribution is 6.00. The lowest BCUT2D eigenvalue weighted by Crippen LogP contribution is -2.15. The van der Waals surface area contributed by atoms with Gasteiger partial charge in [-0.15, -0.1) is 0 Å². The summed E-state index contributed by atoms with van der Waals surface area (Å²) in [4.78, 5) is 36.4. The van der Waals surface area contributed by atoms with E-state index in [-0.39, 0.29) is 34.0 Å². The van der Waals surface area contributed by atoms with E-state index in [0.717, 1.165) is 0 Å². The molecule has 0 saturated heterocycles. The second-order valence-electron chi connectivity index (χ2n) is 6.26. The number of carbonyl (C=O) groups is 3. The van der Waals surface area contributed by atoms with Crippen molar-refractivity contribution in [3.05, 3.63) is 66.8 Å². The molecule has 0 radical (unpaired) electrons. The molecule has 6 nitrogen and oxygen atoms in total. The Kier molecular flexibility index (Phi) is 6.15. The molecule has 0 unspecified atom stereocenters. The van der Waals surface area contributed by atoms with Gasteiger partial charge in [0.2, 0.25) is 5.75 Å². The van der Waals surface area contributed by atoms with Gasteiger partial charge in [0.1, 0.15) is 0 Å². The molecule has 2 aromatic carbocycles. The molecule has 0 atom stereocenters. The summed E-state index contributed by atoms with van der Waals surface area (Å²) in [6.45, 7) is 15.0. The van der Waals surface area contributed by atoms with E-state index in [1.165, 1.54) is 26.8 Å². The molecule has 0 saturated carbocycles. The summed E-state index contributed by atoms with van der Waals surface area (Å²) in [5.74, 6) is -2.58. The van der Waals surface area contributed by atoms with E-state index < -0.39 is 17.9 Å². The van der Waals surface area contributed by atoms with Crippen molar-refractivity contribution in [3.8, 4) is 17.2 Å². The number of rotatable bonds is 6. The van der Waals surface area contributed by atoms with Gasteiger partial charge in [-0.3, -0.25) is 0 Å². The van der Waals surface area contributed by atoms with Gasteiger partial charge in [0.05, 0.1) is 0 Å². The Bertz CT molecular complexity index is 1030. The highest BCUT2D eigenvalue weighted by Gasteiger charge is 2.24. The maximum Gasteiger partial charge on any atom is 0.338 e. The van der Waals surface area contributed by atoms with E-state index in [2.05, 4.69) is 19.7 Å². The van der Waals surface area contributed by atoms with Gasteiger partial charge in [0.25, 0.3) is 0 Å². The summed E-state index contributed by atoms with van der Waals surface area (Å²) < 4.78 is 16.1. The third kappa shape index (κ3) is 4.54. The van der Waals surface area contributed by atoms with Crippen LogP contribution in [-0.2, 0) is 14.4 Å². The standard InChI is InChI=1S/C22H20O6/c1-12(2)20(23)26-17-11-15-9-7-8-10-16(15)18(27-21(24)13(3)4)19(17)28-22(25)14(5)6/h7-11H,1,3,5H2,2,4,6H3. The van der Waals surface area contributed by atoms with Crippen LogP contribution in [0, 0.1) is 0 Å². The third-order valence-electron chi connectivity index (χ3n) is 3.56. The molecule has 0 heterocycles. The van der Waals surface area contributed by atoms with Crippen LogP contribution >= 0.6 is 0 Å². The number of carbonyl (C=O) groups excluding carboxylic acids is 3. The van der Waals surface area contributed by atoms with Crippen LogP contribution in [0.25, 0.3) is 10.8 Å². The Labute approximate surface area is 162 Å². The zero-order valence-corrected chi connectivity index (χ0v) is 16.0. The van der Waals surface area contributed by atoms with Gasteiger partial charge in [-0.25, -0.2) is 14.4 Å². The first-order chi connectivity index (χ1) is 13.1. The molecule has 0 bridgehead atoms. The van der Waals surface area contributed by atoms with Crippen LogP contribution in [0.3, 0.4) is 0 Å². The molecular formula is C22H20O6. The number of hydrogen-bond donors (Lipinski definition) is 0. The summed E-state index contributed by atoms with van der Waals surface area (Å²) in [5, 5.41) is 1.09. The highest BCUT2D eigenvalue weighted by atomic mass is 16.6. The summed E-state index contributed by atoms with van der Waals surface area (Å²) in [5.41, 5.74) is 0.402. The first kappa shape index (κ1) is 20.6. The van der Waals surface area contributed by atoms with Crippen molar-refractivity contribution in [3.63, 3.8) is 0 Å². The van der Waals surface area contributed by atoms with E-state index in [1.54, 1.807) is 24.3 Å². The first-order valence-electron chi connectivity index (χ1n) is 8.30. The van der Waals surface area contributed by atoms with Crippen molar-refractivity contribution >= 4 is 28.7 Å². The summed E-state index contributed by atoms with van der Waals surface area (Å²) in [7, 11) is 0. The second kappa shape index (κ2) is 8.35. The number of esters is 3. The van der Waals surface area contributed by atoms with Crippen LogP contribution in [0.2, 0.25) is 0 Å². The fourth-order valence-electron chi connectivity index (χ4n) is 2.09. The van der Waals surface area contributed by atoms with Crippen LogP contribution in [0.15, 0.2) is 66.8 Å². The molecule has 6 heteroatoms. The highest BCUT2D eigenvalue weighted by Crippen LogP contribution is 2.44. The van der Waals surface area contributed by atoms with Crippen LogP contribution in [0.1, 0.15) is 20.8 Å². The molecule has 144 valence electrons. The zero-order valence-electron chi connectivity index (χ0n) is 16.0. The molecule has 28 heavy (non-hydrogen) atoms. The average Bonchev–Trinajstić information content (AvgIpc) is 2.63. The number of fused-ring (bicyclic) bond motifs is 1. The van der Waals surface area contributed by atoms with Gasteiger partial charge in [-0.1, -0.05) is 44.0 Å². The average molecular weight is 380 g/mol. The predicted molar refractivity (Wildman–Crippen MR) is 105 cm³/mol. The van der Waals surface area contributed by atoms with E-state index in [9.17, 15) is 14.4 Å². The SMILES string of the molecule is C=C(C)C(=O)Oc1cc2ccccc2c(OC(=O)C(=C)C)c1OC(=O)C(=C)C. The molecule has 0 amide bonds. The fourth-order valence-corrected chi connectivity index (χ4v) is 2.09. The fraction of sp³-hybridized carbons (Fsp3) is 0.136. The normalized spacial score (nSPS) is 10.1. The molecule has 2 aromatic rings. The van der Waals surface area contributed by atoms with E-state index in [1.807, 2.05) is 0 Å². The monoisotopic (exact) mass is 380 g/mol. The topological polar surface area (TPSA) is 78.9 Å². The minimum absolute atomic E-state index is 0.0646. The second-order valence-corrected chi connectivity index (χ2v) is 6.26. The zero-order chi connectivity index (χ0) is 21.0. The Morgan fingerprint density at radius 1 is 0.714 bits per heavy atom. The van der Waals surface area contributed by atoms with Crippen molar-refractivity contribution < 1.29 is 28.6 Å². The molecular weight excluding hydrogens is 360 g/mol. The van der Waals surface area contributed by atoms with E-state index in [0.29, 0.717) is 10.8 Å². The summed E-state index contributed by atoms with van der Waals surface area (Å²) in [6, 6.07) is 8.41. The van der Waals surface area contributed by atoms with Gasteiger partial charge in [0.15, 0.2) is 11.5 Å². The molecule has 0 fully saturated rings. The quantitative estimate of drug-likeness (QED) is 0.423. The van der Waals surface area contributed by atoms with Gasteiger partial charge in [-0.2, -0.15) is 0 Å². The molecule has 0 aliphatic heterocycles. The van der Waals surface area contributed by atoms with Gasteiger partial charge >= 0.3 is 17.9 Å². The molecule has 0 spiro atoms. The number of hydrogen-bond acceptors (Lipinski definition) is 6. The lowest BCUT2D eigenvalue weighted by molar-refractivity contribution is -0.133. The Morgan fingerprint density at radius 2 is 1.18 bits per heavy atom. The summed E-state index contributed by atoms with van der Waals surface area (Å²) >= 11 is 0. The molecule has 2 rings (SSSR count). The van der Waals surface area contributed by atoms with Crippen LogP contribution in [0.4, 0.5) is 0 Å². The van der Waals surface area contributed by atoms with Crippen molar-refractivity contribution in [2.75, 3.05) is 0 Å². The smallest absolute Gasteiger partial charge is 0.338 e. The Morgan fingerprint density at radius 3 is 1.71 bits per heavy atom. The van der Waals surface area contributed by atoms with Crippen LogP contribution in [0.5, 0.6) is 17.2 Å². The van der Waals surface area contributed by atoms with Crippen molar-refractivity contribution in [1.29, 1.82) is 0 Å². The van der Waals surface area contributed by atoms with Crippen molar-refractivity contribution in [2.45, 2.75) is 20.8 Å². The molecule has 0 N–H and O–H groups in total. The third-order valence-corrected chi connectivity index (χ3v) is 3.56. The van der Waals surface area contributed by atoms with Crippen LogP contribution in [-0.4, -0.2) is 17.9 Å². The largest absolute Gasteiger partial charge is 0.419 e. The van der Waals surface area contributed by atoms with Crippen molar-refractivity contribution in [1.82, 2.24) is 0 Å². The van der Waals surface area contributed by atoms with E-state index >= 15 is 0 Å². The number of benzene rings is 2. The first-order valence-corrected chi connectivity index (χ1v) is 8.30. The van der Waals surface area contributed by atoms with Crippen molar-refractivity contribution in [2.24, 2.45) is 0 Å². The minimum Gasteiger partial charge on any atom is -0.419 e. The van der Waals surface area contributed by atoms with E-state index in [4.69, 9.17) is 14.2 Å². The molecule has 0 aromatic heterocycles. The summed E-state index contributed by atoms with van der Waals surface area (Å²) in [6.07, 6.45) is 0. The lowest BCUT2D eigenvalue weighted by atomic mass is 10.1. The van der Waals surface area contributed by atoms with Crippen LogP contribution < -0.4 is 14.2 Å². The Hall–Kier alpha value is -3.67. The lowest BCUT2D eigenvalue weighted by Gasteiger charge is -2.17. The van der Waals surface area contributed by atoms with Gasteiger partial charge in [0, 0.05) is 22.1 Å². The van der Waals surface area contributed by atoms with Gasteiger partial charge < -0.3 is 14.2 Å². The molecule has 0 aliphatic rings. The maximum atomic E-state index is 12.2.